The lowest BCUT2D eigenvalue weighted by molar-refractivity contribution is 0.483. The van der Waals surface area contributed by atoms with Gasteiger partial charge in [-0.15, -0.1) is 0 Å². The van der Waals surface area contributed by atoms with Crippen LogP contribution in [-0.2, 0) is 6.54 Å². The van der Waals surface area contributed by atoms with Crippen molar-refractivity contribution in [2.75, 3.05) is 0 Å². The maximum Gasteiger partial charge on any atom is 0.127 e. The Morgan fingerprint density at radius 3 is 2.35 bits per heavy atom. The van der Waals surface area contributed by atoms with Gasteiger partial charge in [0.05, 0.1) is 11.9 Å². The monoisotopic (exact) mass is 265 g/mol. The van der Waals surface area contributed by atoms with E-state index in [4.69, 9.17) is 10.5 Å². The van der Waals surface area contributed by atoms with Crippen molar-refractivity contribution in [1.29, 1.82) is 0 Å². The molecule has 4 nitrogen and oxygen atoms in total. The van der Waals surface area contributed by atoms with Crippen molar-refractivity contribution in [3.8, 4) is 22.8 Å². The molecule has 0 aliphatic rings. The minimum atomic E-state index is 0.466. The van der Waals surface area contributed by atoms with Crippen molar-refractivity contribution in [2.45, 2.75) is 6.54 Å². The Morgan fingerprint density at radius 2 is 1.65 bits per heavy atom. The first-order valence-electron chi connectivity index (χ1n) is 6.42. The Morgan fingerprint density at radius 1 is 0.950 bits per heavy atom. The Balaban J connectivity index is 1.81. The largest absolute Gasteiger partial charge is 0.457 e. The van der Waals surface area contributed by atoms with Gasteiger partial charge in [-0.25, -0.2) is 0 Å². The highest BCUT2D eigenvalue weighted by atomic mass is 16.5. The molecule has 0 atom stereocenters. The van der Waals surface area contributed by atoms with E-state index >= 15 is 0 Å². The van der Waals surface area contributed by atoms with Crippen LogP contribution in [0.1, 0.15) is 5.56 Å². The number of H-pyrrole nitrogens is 1. The first-order valence-corrected chi connectivity index (χ1v) is 6.42. The predicted octanol–water partition coefficient (Wildman–Crippen LogP) is 3.33. The zero-order valence-electron chi connectivity index (χ0n) is 10.9. The fraction of sp³-hybridized carbons (Fsp3) is 0.0625. The molecule has 0 fully saturated rings. The number of para-hydroxylation sites is 1. The van der Waals surface area contributed by atoms with E-state index in [1.165, 1.54) is 0 Å². The van der Waals surface area contributed by atoms with Crippen LogP contribution in [0.15, 0.2) is 60.8 Å². The number of hydrogen-bond donors (Lipinski definition) is 2. The van der Waals surface area contributed by atoms with Gasteiger partial charge in [-0.2, -0.15) is 5.10 Å². The molecular weight excluding hydrogens is 250 g/mol. The van der Waals surface area contributed by atoms with Gasteiger partial charge < -0.3 is 10.5 Å². The number of nitrogens with one attached hydrogen (secondary N) is 1. The van der Waals surface area contributed by atoms with E-state index in [0.29, 0.717) is 6.54 Å². The van der Waals surface area contributed by atoms with Crippen LogP contribution >= 0.6 is 0 Å². The van der Waals surface area contributed by atoms with Crippen LogP contribution in [0.2, 0.25) is 0 Å². The van der Waals surface area contributed by atoms with E-state index in [1.807, 2.05) is 54.6 Å². The van der Waals surface area contributed by atoms with Gasteiger partial charge in [-0.1, -0.05) is 18.2 Å². The maximum absolute atomic E-state index is 5.76. The number of benzene rings is 2. The third kappa shape index (κ3) is 2.55. The summed E-state index contributed by atoms with van der Waals surface area (Å²) in [5, 5.41) is 6.99. The fourth-order valence-electron chi connectivity index (χ4n) is 2.03. The van der Waals surface area contributed by atoms with E-state index in [-0.39, 0.29) is 0 Å². The molecule has 0 aliphatic heterocycles. The lowest BCUT2D eigenvalue weighted by Gasteiger charge is -2.06. The summed E-state index contributed by atoms with van der Waals surface area (Å²) in [7, 11) is 0. The smallest absolute Gasteiger partial charge is 0.127 e. The molecule has 0 unspecified atom stereocenters. The van der Waals surface area contributed by atoms with E-state index in [0.717, 1.165) is 28.3 Å². The molecule has 3 aromatic rings. The van der Waals surface area contributed by atoms with E-state index in [9.17, 15) is 0 Å². The van der Waals surface area contributed by atoms with Gasteiger partial charge in [0.2, 0.25) is 0 Å². The van der Waals surface area contributed by atoms with Crippen molar-refractivity contribution in [2.24, 2.45) is 5.73 Å². The Kier molecular flexibility index (Phi) is 3.48. The quantitative estimate of drug-likeness (QED) is 0.760. The van der Waals surface area contributed by atoms with Crippen LogP contribution < -0.4 is 10.5 Å². The fourth-order valence-corrected chi connectivity index (χ4v) is 2.03. The van der Waals surface area contributed by atoms with Gasteiger partial charge in [0.25, 0.3) is 0 Å². The summed E-state index contributed by atoms with van der Waals surface area (Å²) in [6, 6.07) is 17.6. The van der Waals surface area contributed by atoms with Crippen LogP contribution in [0.5, 0.6) is 11.5 Å². The zero-order valence-corrected chi connectivity index (χ0v) is 10.9. The molecule has 2 aromatic carbocycles. The predicted molar refractivity (Wildman–Crippen MR) is 78.4 cm³/mol. The summed E-state index contributed by atoms with van der Waals surface area (Å²) in [5.41, 5.74) is 8.68. The molecule has 4 heteroatoms. The third-order valence-electron chi connectivity index (χ3n) is 3.06. The van der Waals surface area contributed by atoms with Crippen molar-refractivity contribution < 1.29 is 4.74 Å². The number of rotatable bonds is 4. The van der Waals surface area contributed by atoms with Crippen molar-refractivity contribution >= 4 is 0 Å². The van der Waals surface area contributed by atoms with Gasteiger partial charge in [0.1, 0.15) is 11.5 Å². The second kappa shape index (κ2) is 5.59. The topological polar surface area (TPSA) is 63.9 Å². The van der Waals surface area contributed by atoms with Gasteiger partial charge in [-0.05, 0) is 36.4 Å². The molecule has 0 bridgehead atoms. The minimum Gasteiger partial charge on any atom is -0.457 e. The molecule has 0 saturated heterocycles. The Hall–Kier alpha value is -2.59. The highest BCUT2D eigenvalue weighted by Crippen LogP contribution is 2.26. The van der Waals surface area contributed by atoms with E-state index < -0.39 is 0 Å². The number of nitrogens with two attached hydrogens (primary N) is 1. The molecule has 20 heavy (non-hydrogen) atoms. The first-order chi connectivity index (χ1) is 9.86. The summed E-state index contributed by atoms with van der Waals surface area (Å²) in [5.74, 6) is 1.62. The van der Waals surface area contributed by atoms with Gasteiger partial charge in [0, 0.05) is 17.7 Å². The van der Waals surface area contributed by atoms with Crippen LogP contribution in [0.4, 0.5) is 0 Å². The molecule has 1 heterocycles. The molecule has 0 radical (unpaired) electrons. The zero-order chi connectivity index (χ0) is 13.8. The summed E-state index contributed by atoms with van der Waals surface area (Å²) in [6.07, 6.45) is 1.75. The van der Waals surface area contributed by atoms with Crippen LogP contribution in [-0.4, -0.2) is 10.2 Å². The van der Waals surface area contributed by atoms with Crippen molar-refractivity contribution in [1.82, 2.24) is 10.2 Å². The second-order valence-electron chi connectivity index (χ2n) is 4.41. The molecule has 0 aliphatic carbocycles. The Bertz CT molecular complexity index is 674. The molecule has 1 aromatic heterocycles. The average Bonchev–Trinajstić information content (AvgIpc) is 2.98. The molecule has 3 N–H and O–H groups in total. The van der Waals surface area contributed by atoms with Gasteiger partial charge >= 0.3 is 0 Å². The number of hydrogen-bond acceptors (Lipinski definition) is 3. The molecule has 100 valence electrons. The lowest BCUT2D eigenvalue weighted by Crippen LogP contribution is -1.96. The van der Waals surface area contributed by atoms with Crippen molar-refractivity contribution in [3.63, 3.8) is 0 Å². The molecule has 3 rings (SSSR count). The number of aromatic amines is 1. The van der Waals surface area contributed by atoms with Gasteiger partial charge in [-0.3, -0.25) is 5.10 Å². The molecule has 0 amide bonds. The SMILES string of the molecule is NCc1cn[nH]c1-c1ccc(Oc2ccccc2)cc1. The molecule has 0 spiro atoms. The summed E-state index contributed by atoms with van der Waals surface area (Å²) in [6.45, 7) is 0.466. The van der Waals surface area contributed by atoms with Crippen LogP contribution in [0, 0.1) is 0 Å². The highest BCUT2D eigenvalue weighted by Gasteiger charge is 2.06. The number of ether oxygens (including phenoxy) is 1. The van der Waals surface area contributed by atoms with Gasteiger partial charge in [0.15, 0.2) is 0 Å². The standard InChI is InChI=1S/C16H15N3O/c17-10-13-11-18-19-16(13)12-6-8-15(9-7-12)20-14-4-2-1-3-5-14/h1-9,11H,10,17H2,(H,18,19). The maximum atomic E-state index is 5.76. The molecular formula is C16H15N3O. The Labute approximate surface area is 117 Å². The average molecular weight is 265 g/mol. The first kappa shape index (κ1) is 12.4. The van der Waals surface area contributed by atoms with Crippen LogP contribution in [0.3, 0.4) is 0 Å². The van der Waals surface area contributed by atoms with E-state index in [1.54, 1.807) is 6.20 Å². The van der Waals surface area contributed by atoms with Crippen LogP contribution in [0.25, 0.3) is 11.3 Å². The molecule has 0 saturated carbocycles. The normalized spacial score (nSPS) is 10.4. The lowest BCUT2D eigenvalue weighted by atomic mass is 10.1. The summed E-state index contributed by atoms with van der Waals surface area (Å²) < 4.78 is 5.76. The number of aromatic nitrogens is 2. The summed E-state index contributed by atoms with van der Waals surface area (Å²) in [4.78, 5) is 0. The van der Waals surface area contributed by atoms with Crippen molar-refractivity contribution in [3.05, 3.63) is 66.4 Å². The third-order valence-corrected chi connectivity index (χ3v) is 3.06. The highest BCUT2D eigenvalue weighted by molar-refractivity contribution is 5.63. The minimum absolute atomic E-state index is 0.466. The van der Waals surface area contributed by atoms with E-state index in [2.05, 4.69) is 10.2 Å². The summed E-state index contributed by atoms with van der Waals surface area (Å²) >= 11 is 0. The second-order valence-corrected chi connectivity index (χ2v) is 4.41. The number of nitrogens with zero attached hydrogens (tertiary/aromatic N) is 1.